The Morgan fingerprint density at radius 1 is 1.41 bits per heavy atom. The van der Waals surface area contributed by atoms with Crippen LogP contribution in [-0.4, -0.2) is 26.1 Å². The fraction of sp³-hybridized carbons (Fsp3) is 0.417. The van der Waals surface area contributed by atoms with Crippen molar-refractivity contribution in [1.29, 1.82) is 0 Å². The molecule has 1 aromatic rings. The zero-order valence-corrected chi connectivity index (χ0v) is 10.8. The highest BCUT2D eigenvalue weighted by Crippen LogP contribution is 2.33. The lowest BCUT2D eigenvalue weighted by molar-refractivity contribution is 0.0900. The SMILES string of the molecule is COc1cc(Cl)c(C(=O)C2CCOC2)cc1Cl. The van der Waals surface area contributed by atoms with Gasteiger partial charge in [0, 0.05) is 24.2 Å². The maximum Gasteiger partial charge on any atom is 0.169 e. The van der Waals surface area contributed by atoms with Gasteiger partial charge in [0.05, 0.1) is 23.8 Å². The van der Waals surface area contributed by atoms with E-state index in [1.54, 1.807) is 12.1 Å². The van der Waals surface area contributed by atoms with Gasteiger partial charge in [-0.2, -0.15) is 0 Å². The van der Waals surface area contributed by atoms with Crippen molar-refractivity contribution in [2.24, 2.45) is 5.92 Å². The predicted octanol–water partition coefficient (Wildman–Crippen LogP) is 3.22. The summed E-state index contributed by atoms with van der Waals surface area (Å²) in [6, 6.07) is 3.12. The second-order valence-corrected chi connectivity index (χ2v) is 4.71. The van der Waals surface area contributed by atoms with Crippen molar-refractivity contribution in [3.8, 4) is 5.75 Å². The molecule has 1 saturated heterocycles. The molecular weight excluding hydrogens is 263 g/mol. The Bertz CT molecular complexity index is 440. The van der Waals surface area contributed by atoms with Crippen LogP contribution in [0.4, 0.5) is 0 Å². The second kappa shape index (κ2) is 5.25. The van der Waals surface area contributed by atoms with Crippen LogP contribution in [0, 0.1) is 5.92 Å². The normalized spacial score (nSPS) is 19.4. The van der Waals surface area contributed by atoms with Crippen LogP contribution in [0.2, 0.25) is 10.0 Å². The Labute approximate surface area is 110 Å². The Kier molecular flexibility index (Phi) is 3.92. The first-order chi connectivity index (χ1) is 8.13. The number of ether oxygens (including phenoxy) is 2. The number of benzene rings is 1. The zero-order valence-electron chi connectivity index (χ0n) is 9.33. The van der Waals surface area contributed by atoms with Crippen LogP contribution < -0.4 is 4.74 Å². The molecule has 17 heavy (non-hydrogen) atoms. The van der Waals surface area contributed by atoms with Gasteiger partial charge in [-0.05, 0) is 12.5 Å². The van der Waals surface area contributed by atoms with Crippen molar-refractivity contribution in [1.82, 2.24) is 0 Å². The number of carbonyl (C=O) groups excluding carboxylic acids is 1. The summed E-state index contributed by atoms with van der Waals surface area (Å²) < 4.78 is 10.2. The van der Waals surface area contributed by atoms with E-state index in [4.69, 9.17) is 32.7 Å². The molecule has 1 aliphatic heterocycles. The molecule has 0 N–H and O–H groups in total. The molecule has 0 spiro atoms. The zero-order chi connectivity index (χ0) is 12.4. The van der Waals surface area contributed by atoms with E-state index >= 15 is 0 Å². The molecule has 3 nitrogen and oxygen atoms in total. The summed E-state index contributed by atoms with van der Waals surface area (Å²) in [5.74, 6) is 0.338. The molecule has 0 aromatic heterocycles. The third-order valence-electron chi connectivity index (χ3n) is 2.81. The first-order valence-corrected chi connectivity index (χ1v) is 6.04. The molecule has 0 bridgehead atoms. The summed E-state index contributed by atoms with van der Waals surface area (Å²) in [5.41, 5.74) is 0.438. The van der Waals surface area contributed by atoms with Crippen LogP contribution in [0.1, 0.15) is 16.8 Å². The Morgan fingerprint density at radius 3 is 2.76 bits per heavy atom. The lowest BCUT2D eigenvalue weighted by Gasteiger charge is -2.11. The highest BCUT2D eigenvalue weighted by atomic mass is 35.5. The van der Waals surface area contributed by atoms with E-state index in [9.17, 15) is 4.79 Å². The van der Waals surface area contributed by atoms with Crippen molar-refractivity contribution in [3.63, 3.8) is 0 Å². The smallest absolute Gasteiger partial charge is 0.169 e. The van der Waals surface area contributed by atoms with E-state index in [0.717, 1.165) is 6.42 Å². The molecule has 5 heteroatoms. The molecule has 1 aromatic carbocycles. The van der Waals surface area contributed by atoms with Crippen LogP contribution in [0.3, 0.4) is 0 Å². The van der Waals surface area contributed by atoms with Crippen molar-refractivity contribution >= 4 is 29.0 Å². The van der Waals surface area contributed by atoms with Crippen LogP contribution in [0.5, 0.6) is 5.75 Å². The molecule has 0 saturated carbocycles. The minimum Gasteiger partial charge on any atom is -0.495 e. The molecular formula is C12H12Cl2O3. The maximum atomic E-state index is 12.2. The lowest BCUT2D eigenvalue weighted by atomic mass is 9.97. The molecule has 1 heterocycles. The molecule has 1 atom stereocenters. The highest BCUT2D eigenvalue weighted by molar-refractivity contribution is 6.36. The fourth-order valence-corrected chi connectivity index (χ4v) is 2.32. The Morgan fingerprint density at radius 2 is 2.18 bits per heavy atom. The first kappa shape index (κ1) is 12.7. The van der Waals surface area contributed by atoms with Crippen LogP contribution in [-0.2, 0) is 4.74 Å². The average Bonchev–Trinajstić information content (AvgIpc) is 2.84. The van der Waals surface area contributed by atoms with Crippen LogP contribution in [0.15, 0.2) is 12.1 Å². The van der Waals surface area contributed by atoms with Crippen LogP contribution >= 0.6 is 23.2 Å². The number of Topliss-reactive ketones (excluding diaryl/α,β-unsaturated/α-hetero) is 1. The number of methoxy groups -OCH3 is 1. The quantitative estimate of drug-likeness (QED) is 0.794. The van der Waals surface area contributed by atoms with Gasteiger partial charge in [-0.1, -0.05) is 23.2 Å². The van der Waals surface area contributed by atoms with Gasteiger partial charge in [-0.15, -0.1) is 0 Å². The van der Waals surface area contributed by atoms with Crippen molar-refractivity contribution < 1.29 is 14.3 Å². The summed E-state index contributed by atoms with van der Waals surface area (Å²) >= 11 is 12.0. The van der Waals surface area contributed by atoms with Crippen molar-refractivity contribution in [3.05, 3.63) is 27.7 Å². The maximum absolute atomic E-state index is 12.2. The molecule has 1 unspecified atom stereocenters. The van der Waals surface area contributed by atoms with E-state index in [2.05, 4.69) is 0 Å². The number of ketones is 1. The molecule has 2 rings (SSSR count). The number of hydrogen-bond acceptors (Lipinski definition) is 3. The van der Waals surface area contributed by atoms with Crippen molar-refractivity contribution in [2.75, 3.05) is 20.3 Å². The molecule has 0 radical (unpaired) electrons. The van der Waals surface area contributed by atoms with E-state index in [1.165, 1.54) is 7.11 Å². The monoisotopic (exact) mass is 274 g/mol. The first-order valence-electron chi connectivity index (χ1n) is 5.28. The Hall–Kier alpha value is -0.770. The van der Waals surface area contributed by atoms with Crippen molar-refractivity contribution in [2.45, 2.75) is 6.42 Å². The van der Waals surface area contributed by atoms with E-state index in [0.29, 0.717) is 34.6 Å². The summed E-state index contributed by atoms with van der Waals surface area (Å²) in [6.07, 6.45) is 0.735. The molecule has 0 amide bonds. The van der Waals surface area contributed by atoms with Gasteiger partial charge in [0.25, 0.3) is 0 Å². The van der Waals surface area contributed by atoms with Crippen LogP contribution in [0.25, 0.3) is 0 Å². The van der Waals surface area contributed by atoms with Gasteiger partial charge in [0.2, 0.25) is 0 Å². The van der Waals surface area contributed by atoms with Gasteiger partial charge in [-0.3, -0.25) is 4.79 Å². The van der Waals surface area contributed by atoms with Gasteiger partial charge in [-0.25, -0.2) is 0 Å². The van der Waals surface area contributed by atoms with E-state index in [1.807, 2.05) is 0 Å². The van der Waals surface area contributed by atoms with Gasteiger partial charge < -0.3 is 9.47 Å². The topological polar surface area (TPSA) is 35.5 Å². The fourth-order valence-electron chi connectivity index (χ4n) is 1.84. The molecule has 92 valence electrons. The summed E-state index contributed by atoms with van der Waals surface area (Å²) in [7, 11) is 1.50. The number of hydrogen-bond donors (Lipinski definition) is 0. The molecule has 1 fully saturated rings. The predicted molar refractivity (Wildman–Crippen MR) is 66.3 cm³/mol. The lowest BCUT2D eigenvalue weighted by Crippen LogP contribution is -2.15. The minimum atomic E-state index is -0.114. The largest absolute Gasteiger partial charge is 0.495 e. The average molecular weight is 275 g/mol. The minimum absolute atomic E-state index is 0.0166. The van der Waals surface area contributed by atoms with E-state index in [-0.39, 0.29) is 11.7 Å². The van der Waals surface area contributed by atoms with E-state index < -0.39 is 0 Å². The standard InChI is InChI=1S/C12H12Cl2O3/c1-16-11-5-9(13)8(4-10(11)14)12(15)7-2-3-17-6-7/h4-5,7H,2-3,6H2,1H3. The molecule has 1 aliphatic rings. The summed E-state index contributed by atoms with van der Waals surface area (Å²) in [5, 5.41) is 0.752. The third-order valence-corrected chi connectivity index (χ3v) is 3.42. The summed E-state index contributed by atoms with van der Waals surface area (Å²) in [4.78, 5) is 12.2. The molecule has 0 aliphatic carbocycles. The van der Waals surface area contributed by atoms with Gasteiger partial charge in [0.1, 0.15) is 5.75 Å². The number of halogens is 2. The van der Waals surface area contributed by atoms with Gasteiger partial charge in [0.15, 0.2) is 5.78 Å². The Balaban J connectivity index is 2.31. The highest BCUT2D eigenvalue weighted by Gasteiger charge is 2.26. The second-order valence-electron chi connectivity index (χ2n) is 3.89. The summed E-state index contributed by atoms with van der Waals surface area (Å²) in [6.45, 7) is 1.08. The number of carbonyl (C=O) groups is 1. The van der Waals surface area contributed by atoms with Gasteiger partial charge >= 0.3 is 0 Å². The number of rotatable bonds is 3. The third kappa shape index (κ3) is 2.57.